The molecule has 0 saturated carbocycles. The Kier molecular flexibility index (Phi) is 6.49. The number of rotatable bonds is 7. The number of aromatic nitrogens is 1. The predicted molar refractivity (Wildman–Crippen MR) is 114 cm³/mol. The van der Waals surface area contributed by atoms with Crippen molar-refractivity contribution in [3.05, 3.63) is 63.4 Å². The summed E-state index contributed by atoms with van der Waals surface area (Å²) in [5.74, 6) is 1.64. The highest BCUT2D eigenvalue weighted by molar-refractivity contribution is 7.99. The lowest BCUT2D eigenvalue weighted by molar-refractivity contribution is -0.113. The Morgan fingerprint density at radius 2 is 1.93 bits per heavy atom. The van der Waals surface area contributed by atoms with E-state index in [0.29, 0.717) is 38.9 Å². The molecule has 0 aliphatic carbocycles. The average Bonchev–Trinajstić information content (AvgIpc) is 2.68. The molecule has 0 fully saturated rings. The maximum atomic E-state index is 12.3. The maximum Gasteiger partial charge on any atom is 0.234 e. The number of H-pyrrole nitrogens is 1. The fourth-order valence-corrected chi connectivity index (χ4v) is 3.67. The topological polar surface area (TPSA) is 80.4 Å². The average molecular weight is 419 g/mol. The number of para-hydroxylation sites is 1. The number of ether oxygens (including phenoxy) is 2. The normalized spacial score (nSPS) is 10.7. The Hall–Kier alpha value is -2.64. The van der Waals surface area contributed by atoms with Crippen LogP contribution in [0.3, 0.4) is 0 Å². The number of halogens is 1. The number of nitrogens with one attached hydrogen (secondary N) is 2. The first-order chi connectivity index (χ1) is 13.5. The highest BCUT2D eigenvalue weighted by Crippen LogP contribution is 2.28. The molecule has 0 unspecified atom stereocenters. The summed E-state index contributed by atoms with van der Waals surface area (Å²) < 4.78 is 10.5. The molecule has 1 aromatic heterocycles. The second kappa shape index (κ2) is 9.03. The molecule has 0 bridgehead atoms. The minimum Gasteiger partial charge on any atom is -0.495 e. The Labute approximate surface area is 171 Å². The minimum absolute atomic E-state index is 0.0867. The highest BCUT2D eigenvalue weighted by Gasteiger charge is 2.10. The summed E-state index contributed by atoms with van der Waals surface area (Å²) >= 11 is 7.36. The van der Waals surface area contributed by atoms with E-state index in [1.165, 1.54) is 18.9 Å². The van der Waals surface area contributed by atoms with Gasteiger partial charge in [-0.25, -0.2) is 0 Å². The molecular weight excluding hydrogens is 400 g/mol. The van der Waals surface area contributed by atoms with E-state index >= 15 is 0 Å². The van der Waals surface area contributed by atoms with Gasteiger partial charge in [0.05, 0.1) is 31.2 Å². The van der Waals surface area contributed by atoms with Gasteiger partial charge in [-0.05, 0) is 30.3 Å². The number of amides is 1. The third kappa shape index (κ3) is 4.61. The van der Waals surface area contributed by atoms with Gasteiger partial charge in [0.1, 0.15) is 11.5 Å². The Morgan fingerprint density at radius 1 is 1.14 bits per heavy atom. The maximum absolute atomic E-state index is 12.3. The van der Waals surface area contributed by atoms with E-state index in [0.717, 1.165) is 5.69 Å². The van der Waals surface area contributed by atoms with Gasteiger partial charge in [0.15, 0.2) is 5.43 Å². The third-order valence-electron chi connectivity index (χ3n) is 4.03. The molecule has 0 aliphatic heterocycles. The van der Waals surface area contributed by atoms with Crippen LogP contribution in [0.25, 0.3) is 10.9 Å². The molecule has 3 aromatic rings. The molecule has 0 aliphatic rings. The summed E-state index contributed by atoms with van der Waals surface area (Å²) in [5.41, 5.74) is 1.81. The molecule has 1 heterocycles. The summed E-state index contributed by atoms with van der Waals surface area (Å²) in [6.07, 6.45) is 0. The second-order valence-corrected chi connectivity index (χ2v) is 7.35. The fourth-order valence-electron chi connectivity index (χ4n) is 2.76. The molecule has 0 saturated heterocycles. The molecule has 146 valence electrons. The van der Waals surface area contributed by atoms with Gasteiger partial charge in [-0.15, -0.1) is 11.8 Å². The van der Waals surface area contributed by atoms with Crippen LogP contribution in [0.4, 0.5) is 5.69 Å². The number of aromatic amines is 1. The van der Waals surface area contributed by atoms with Crippen LogP contribution in [-0.4, -0.2) is 30.9 Å². The zero-order valence-corrected chi connectivity index (χ0v) is 16.9. The van der Waals surface area contributed by atoms with Gasteiger partial charge in [-0.2, -0.15) is 0 Å². The Bertz CT molecular complexity index is 1070. The number of carbonyl (C=O) groups excluding carboxylic acids is 1. The number of anilines is 1. The van der Waals surface area contributed by atoms with E-state index in [9.17, 15) is 9.59 Å². The standard InChI is InChI=1S/C20H19ClN2O4S/c1-26-17-7-6-12(21)8-15(17)23-19(25)11-28-10-13-9-16(24)14-4-3-5-18(27-2)20(14)22-13/h3-9H,10-11H2,1-2H3,(H,22,24)(H,23,25). The van der Waals surface area contributed by atoms with Gasteiger partial charge in [-0.3, -0.25) is 9.59 Å². The number of hydrogen-bond acceptors (Lipinski definition) is 5. The number of pyridine rings is 1. The van der Waals surface area contributed by atoms with Crippen molar-refractivity contribution in [2.24, 2.45) is 0 Å². The first kappa shape index (κ1) is 20.1. The zero-order chi connectivity index (χ0) is 20.1. The smallest absolute Gasteiger partial charge is 0.234 e. The third-order valence-corrected chi connectivity index (χ3v) is 5.25. The number of hydrogen-bond donors (Lipinski definition) is 2. The predicted octanol–water partition coefficient (Wildman–Crippen LogP) is 4.07. The lowest BCUT2D eigenvalue weighted by Gasteiger charge is -2.11. The summed E-state index contributed by atoms with van der Waals surface area (Å²) in [7, 11) is 3.08. The van der Waals surface area contributed by atoms with E-state index in [4.69, 9.17) is 21.1 Å². The minimum atomic E-state index is -0.189. The monoisotopic (exact) mass is 418 g/mol. The van der Waals surface area contributed by atoms with Gasteiger partial charge in [0.2, 0.25) is 5.91 Å². The van der Waals surface area contributed by atoms with Crippen molar-refractivity contribution in [2.75, 3.05) is 25.3 Å². The Morgan fingerprint density at radius 3 is 2.68 bits per heavy atom. The number of methoxy groups -OCH3 is 2. The highest BCUT2D eigenvalue weighted by atomic mass is 35.5. The van der Waals surface area contributed by atoms with Crippen LogP contribution in [-0.2, 0) is 10.5 Å². The van der Waals surface area contributed by atoms with Crippen LogP contribution in [0.15, 0.2) is 47.3 Å². The van der Waals surface area contributed by atoms with Crippen molar-refractivity contribution in [1.29, 1.82) is 0 Å². The van der Waals surface area contributed by atoms with E-state index < -0.39 is 0 Å². The molecule has 1 amide bonds. The first-order valence-corrected chi connectivity index (χ1v) is 9.95. The lowest BCUT2D eigenvalue weighted by Crippen LogP contribution is -2.15. The molecule has 0 atom stereocenters. The van der Waals surface area contributed by atoms with Crippen LogP contribution in [0.2, 0.25) is 5.02 Å². The van der Waals surface area contributed by atoms with E-state index in [2.05, 4.69) is 10.3 Å². The molecule has 2 N–H and O–H groups in total. The number of benzene rings is 2. The quantitative estimate of drug-likeness (QED) is 0.604. The number of fused-ring (bicyclic) bond motifs is 1. The van der Waals surface area contributed by atoms with Crippen molar-refractivity contribution in [2.45, 2.75) is 5.75 Å². The van der Waals surface area contributed by atoms with Gasteiger partial charge < -0.3 is 19.8 Å². The number of thioether (sulfide) groups is 1. The second-order valence-electron chi connectivity index (χ2n) is 5.93. The zero-order valence-electron chi connectivity index (χ0n) is 15.4. The fraction of sp³-hybridized carbons (Fsp3) is 0.200. The number of carbonyl (C=O) groups is 1. The molecule has 8 heteroatoms. The van der Waals surface area contributed by atoms with Crippen LogP contribution in [0.1, 0.15) is 5.69 Å². The van der Waals surface area contributed by atoms with Gasteiger partial charge in [0, 0.05) is 27.9 Å². The van der Waals surface area contributed by atoms with Crippen LogP contribution in [0.5, 0.6) is 11.5 Å². The molecule has 6 nitrogen and oxygen atoms in total. The summed E-state index contributed by atoms with van der Waals surface area (Å²) in [6.45, 7) is 0. The van der Waals surface area contributed by atoms with Gasteiger partial charge in [-0.1, -0.05) is 17.7 Å². The molecule has 0 spiro atoms. The summed E-state index contributed by atoms with van der Waals surface area (Å²) in [4.78, 5) is 27.8. The van der Waals surface area contributed by atoms with E-state index in [1.54, 1.807) is 49.6 Å². The molecule has 3 rings (SSSR count). The summed E-state index contributed by atoms with van der Waals surface area (Å²) in [6, 6.07) is 11.9. The van der Waals surface area contributed by atoms with Crippen molar-refractivity contribution in [3.8, 4) is 11.5 Å². The van der Waals surface area contributed by atoms with Gasteiger partial charge >= 0.3 is 0 Å². The van der Waals surface area contributed by atoms with Crippen molar-refractivity contribution in [1.82, 2.24) is 4.98 Å². The van der Waals surface area contributed by atoms with E-state index in [1.807, 2.05) is 0 Å². The Balaban J connectivity index is 1.66. The molecule has 2 aromatic carbocycles. The van der Waals surface area contributed by atoms with Crippen LogP contribution < -0.4 is 20.2 Å². The first-order valence-electron chi connectivity index (χ1n) is 8.42. The van der Waals surface area contributed by atoms with Crippen molar-refractivity contribution >= 4 is 45.9 Å². The SMILES string of the molecule is COc1ccc(Cl)cc1NC(=O)CSCc1cc(=O)c2cccc(OC)c2[nH]1. The molecule has 0 radical (unpaired) electrons. The van der Waals surface area contributed by atoms with Crippen LogP contribution >= 0.6 is 23.4 Å². The van der Waals surface area contributed by atoms with Crippen LogP contribution in [0, 0.1) is 0 Å². The lowest BCUT2D eigenvalue weighted by atomic mass is 10.2. The summed E-state index contributed by atoms with van der Waals surface area (Å²) in [5, 5.41) is 3.86. The molecular formula is C20H19ClN2O4S. The van der Waals surface area contributed by atoms with Gasteiger partial charge in [0.25, 0.3) is 0 Å². The van der Waals surface area contributed by atoms with E-state index in [-0.39, 0.29) is 17.1 Å². The van der Waals surface area contributed by atoms with Crippen molar-refractivity contribution < 1.29 is 14.3 Å². The molecule has 28 heavy (non-hydrogen) atoms. The largest absolute Gasteiger partial charge is 0.495 e. The van der Waals surface area contributed by atoms with Crippen molar-refractivity contribution in [3.63, 3.8) is 0 Å².